The molecule has 1 N–H and O–H groups in total. The van der Waals surface area contributed by atoms with Crippen molar-refractivity contribution in [2.75, 3.05) is 23.4 Å². The molecule has 1 amide bonds. The molecule has 0 aliphatic carbocycles. The first kappa shape index (κ1) is 25.3. The molecule has 0 aliphatic rings. The molecule has 0 saturated heterocycles. The van der Waals surface area contributed by atoms with E-state index in [-0.39, 0.29) is 29.8 Å². The highest BCUT2D eigenvalue weighted by Gasteiger charge is 2.18. The fraction of sp³-hybridized carbons (Fsp3) is 0.296. The lowest BCUT2D eigenvalue weighted by atomic mass is 10.1. The molecular weight excluding hydrogens is 448 g/mol. The third kappa shape index (κ3) is 6.84. The standard InChI is InChI=1S/C27H30N2O4S/c1-18-10-11-24(19(2)12-18)28-26(31)16-34-17-27(32)33-15-25(30)23-13-20(3)29(21(23)4)14-22-8-6-5-7-9-22/h5-13H,14-17H2,1-4H3,(H,28,31). The number of rotatable bonds is 10. The van der Waals surface area contributed by atoms with Crippen LogP contribution in [-0.2, 0) is 20.9 Å². The molecule has 3 rings (SSSR count). The Morgan fingerprint density at radius 2 is 1.68 bits per heavy atom. The highest BCUT2D eigenvalue weighted by Crippen LogP contribution is 2.19. The van der Waals surface area contributed by atoms with Gasteiger partial charge in [-0.05, 0) is 51.0 Å². The van der Waals surface area contributed by atoms with Gasteiger partial charge >= 0.3 is 5.97 Å². The Morgan fingerprint density at radius 1 is 0.941 bits per heavy atom. The third-order valence-electron chi connectivity index (χ3n) is 5.53. The average Bonchev–Trinajstić information content (AvgIpc) is 3.08. The second-order valence-corrected chi connectivity index (χ2v) is 9.29. The van der Waals surface area contributed by atoms with Gasteiger partial charge < -0.3 is 14.6 Å². The Morgan fingerprint density at radius 3 is 2.38 bits per heavy atom. The number of aromatic nitrogens is 1. The molecule has 0 unspecified atom stereocenters. The SMILES string of the molecule is Cc1ccc(NC(=O)CSCC(=O)OCC(=O)c2cc(C)n(Cc3ccccc3)c2C)c(C)c1. The van der Waals surface area contributed by atoms with Crippen LogP contribution in [0.1, 0.15) is 38.4 Å². The first-order chi connectivity index (χ1) is 16.2. The number of Topliss-reactive ketones (excluding diaryl/α,β-unsaturated/α-hetero) is 1. The zero-order chi connectivity index (χ0) is 24.7. The van der Waals surface area contributed by atoms with Crippen molar-refractivity contribution in [2.24, 2.45) is 0 Å². The van der Waals surface area contributed by atoms with E-state index >= 15 is 0 Å². The topological polar surface area (TPSA) is 77.4 Å². The van der Waals surface area contributed by atoms with Gasteiger partial charge in [-0.1, -0.05) is 48.0 Å². The van der Waals surface area contributed by atoms with Gasteiger partial charge in [0.1, 0.15) is 0 Å². The first-order valence-electron chi connectivity index (χ1n) is 11.1. The van der Waals surface area contributed by atoms with E-state index in [2.05, 4.69) is 9.88 Å². The molecule has 1 aromatic heterocycles. The summed E-state index contributed by atoms with van der Waals surface area (Å²) in [6.07, 6.45) is 0. The minimum atomic E-state index is -0.518. The van der Waals surface area contributed by atoms with E-state index in [1.807, 2.05) is 82.3 Å². The summed E-state index contributed by atoms with van der Waals surface area (Å²) in [5.74, 6) is -0.821. The number of esters is 1. The molecule has 0 bridgehead atoms. The summed E-state index contributed by atoms with van der Waals surface area (Å²) < 4.78 is 7.24. The highest BCUT2D eigenvalue weighted by atomic mass is 32.2. The molecule has 3 aromatic rings. The summed E-state index contributed by atoms with van der Waals surface area (Å²) in [6, 6.07) is 17.7. The maximum atomic E-state index is 12.7. The van der Waals surface area contributed by atoms with Gasteiger partial charge in [-0.3, -0.25) is 14.4 Å². The van der Waals surface area contributed by atoms with Crippen molar-refractivity contribution < 1.29 is 19.1 Å². The molecule has 6 nitrogen and oxygen atoms in total. The summed E-state index contributed by atoms with van der Waals surface area (Å²) >= 11 is 1.15. The number of thioether (sulfide) groups is 1. The highest BCUT2D eigenvalue weighted by molar-refractivity contribution is 8.00. The van der Waals surface area contributed by atoms with E-state index in [1.165, 1.54) is 0 Å². The van der Waals surface area contributed by atoms with Gasteiger partial charge in [0.15, 0.2) is 6.61 Å². The van der Waals surface area contributed by atoms with Crippen molar-refractivity contribution in [1.82, 2.24) is 4.57 Å². The van der Waals surface area contributed by atoms with E-state index in [9.17, 15) is 14.4 Å². The molecule has 0 aliphatic heterocycles. The number of ether oxygens (including phenoxy) is 1. The van der Waals surface area contributed by atoms with Crippen LogP contribution in [-0.4, -0.2) is 40.3 Å². The minimum absolute atomic E-state index is 0.000604. The van der Waals surface area contributed by atoms with Crippen LogP contribution in [0.4, 0.5) is 5.69 Å². The second kappa shape index (κ2) is 11.7. The second-order valence-electron chi connectivity index (χ2n) is 8.30. The Labute approximate surface area is 204 Å². The molecule has 7 heteroatoms. The van der Waals surface area contributed by atoms with Crippen LogP contribution in [0.15, 0.2) is 54.6 Å². The van der Waals surface area contributed by atoms with Crippen LogP contribution >= 0.6 is 11.8 Å². The predicted molar refractivity (Wildman–Crippen MR) is 137 cm³/mol. The summed E-state index contributed by atoms with van der Waals surface area (Å²) in [5.41, 5.74) is 6.39. The van der Waals surface area contributed by atoms with Crippen molar-refractivity contribution >= 4 is 35.1 Å². The number of hydrogen-bond donors (Lipinski definition) is 1. The Kier molecular flexibility index (Phi) is 8.71. The van der Waals surface area contributed by atoms with Crippen LogP contribution in [0, 0.1) is 27.7 Å². The summed E-state index contributed by atoms with van der Waals surface area (Å²) in [5, 5.41) is 2.85. The minimum Gasteiger partial charge on any atom is -0.457 e. The van der Waals surface area contributed by atoms with Crippen LogP contribution in [0.2, 0.25) is 0 Å². The lowest BCUT2D eigenvalue weighted by Crippen LogP contribution is -2.19. The lowest BCUT2D eigenvalue weighted by Gasteiger charge is -2.10. The van der Waals surface area contributed by atoms with Gasteiger partial charge in [-0.2, -0.15) is 0 Å². The normalized spacial score (nSPS) is 10.7. The number of anilines is 1. The third-order valence-corrected chi connectivity index (χ3v) is 6.44. The molecule has 0 atom stereocenters. The number of amides is 1. The van der Waals surface area contributed by atoms with E-state index in [0.29, 0.717) is 12.1 Å². The van der Waals surface area contributed by atoms with Crippen molar-refractivity contribution in [1.29, 1.82) is 0 Å². The average molecular weight is 479 g/mol. The van der Waals surface area contributed by atoms with Crippen molar-refractivity contribution in [3.63, 3.8) is 0 Å². The zero-order valence-corrected chi connectivity index (χ0v) is 20.8. The van der Waals surface area contributed by atoms with E-state index < -0.39 is 5.97 Å². The van der Waals surface area contributed by atoms with Gasteiger partial charge in [0.25, 0.3) is 0 Å². The number of hydrogen-bond acceptors (Lipinski definition) is 5. The molecule has 0 radical (unpaired) electrons. The largest absolute Gasteiger partial charge is 0.457 e. The maximum Gasteiger partial charge on any atom is 0.316 e. The molecule has 1 heterocycles. The van der Waals surface area contributed by atoms with Gasteiger partial charge in [0.2, 0.25) is 11.7 Å². The molecule has 34 heavy (non-hydrogen) atoms. The summed E-state index contributed by atoms with van der Waals surface area (Å²) in [6.45, 7) is 8.14. The molecule has 178 valence electrons. The first-order valence-corrected chi connectivity index (χ1v) is 12.2. The number of aryl methyl sites for hydroxylation is 3. The molecule has 0 spiro atoms. The van der Waals surface area contributed by atoms with E-state index in [4.69, 9.17) is 4.74 Å². The zero-order valence-electron chi connectivity index (χ0n) is 20.0. The lowest BCUT2D eigenvalue weighted by molar-refractivity contribution is -0.139. The van der Waals surface area contributed by atoms with Crippen molar-refractivity contribution in [3.05, 3.63) is 88.2 Å². The summed E-state index contributed by atoms with van der Waals surface area (Å²) in [4.78, 5) is 36.9. The number of carbonyl (C=O) groups is 3. The van der Waals surface area contributed by atoms with E-state index in [1.54, 1.807) is 0 Å². The van der Waals surface area contributed by atoms with Gasteiger partial charge in [0.05, 0.1) is 11.5 Å². The number of carbonyl (C=O) groups excluding carboxylic acids is 3. The Hall–Kier alpha value is -3.32. The fourth-order valence-corrected chi connectivity index (χ4v) is 4.34. The van der Waals surface area contributed by atoms with Crippen molar-refractivity contribution in [3.8, 4) is 0 Å². The molecule has 0 saturated carbocycles. The Balaban J connectivity index is 1.44. The quantitative estimate of drug-likeness (QED) is 0.332. The van der Waals surface area contributed by atoms with Crippen molar-refractivity contribution in [2.45, 2.75) is 34.2 Å². The Bertz CT molecular complexity index is 1180. The van der Waals surface area contributed by atoms with Crippen LogP contribution in [0.3, 0.4) is 0 Å². The van der Waals surface area contributed by atoms with Gasteiger partial charge in [0, 0.05) is 29.2 Å². The fourth-order valence-electron chi connectivity index (χ4n) is 3.73. The maximum absolute atomic E-state index is 12.7. The number of benzene rings is 2. The smallest absolute Gasteiger partial charge is 0.316 e. The molecule has 2 aromatic carbocycles. The van der Waals surface area contributed by atoms with Crippen LogP contribution < -0.4 is 5.32 Å². The number of ketones is 1. The van der Waals surface area contributed by atoms with Crippen LogP contribution in [0.5, 0.6) is 0 Å². The molecular formula is C27H30N2O4S. The monoisotopic (exact) mass is 478 g/mol. The van der Waals surface area contributed by atoms with Crippen LogP contribution in [0.25, 0.3) is 0 Å². The van der Waals surface area contributed by atoms with Gasteiger partial charge in [-0.15, -0.1) is 11.8 Å². The van der Waals surface area contributed by atoms with E-state index in [0.717, 1.165) is 45.5 Å². The number of nitrogens with zero attached hydrogens (tertiary/aromatic N) is 1. The summed E-state index contributed by atoms with van der Waals surface area (Å²) in [7, 11) is 0. The molecule has 0 fully saturated rings. The number of nitrogens with one attached hydrogen (secondary N) is 1. The predicted octanol–water partition coefficient (Wildman–Crippen LogP) is 4.87. The van der Waals surface area contributed by atoms with Gasteiger partial charge in [-0.25, -0.2) is 0 Å².